The predicted octanol–water partition coefficient (Wildman–Crippen LogP) is 2.48. The second kappa shape index (κ2) is 7.13. The summed E-state index contributed by atoms with van der Waals surface area (Å²) < 4.78 is 5.03. The molecule has 1 unspecified atom stereocenters. The van der Waals surface area contributed by atoms with Gasteiger partial charge in [-0.05, 0) is 26.0 Å². The molecule has 0 aliphatic rings. The molecule has 7 heteroatoms. The molecule has 0 saturated heterocycles. The summed E-state index contributed by atoms with van der Waals surface area (Å²) in [5.74, 6) is -0.637. The lowest BCUT2D eigenvalue weighted by atomic mass is 10.2. The van der Waals surface area contributed by atoms with Crippen molar-refractivity contribution >= 4 is 23.6 Å². The van der Waals surface area contributed by atoms with E-state index >= 15 is 0 Å². The Morgan fingerprint density at radius 3 is 2.77 bits per heavy atom. The number of thioether (sulfide) groups is 1. The average molecular weight is 320 g/mol. The van der Waals surface area contributed by atoms with Crippen LogP contribution in [0.1, 0.15) is 28.7 Å². The van der Waals surface area contributed by atoms with Crippen molar-refractivity contribution in [2.75, 3.05) is 0 Å². The van der Waals surface area contributed by atoms with E-state index in [0.29, 0.717) is 16.2 Å². The number of hydrogen-bond donors (Lipinski definition) is 2. The minimum atomic E-state index is -0.919. The molecule has 0 radical (unpaired) electrons. The highest BCUT2D eigenvalue weighted by Gasteiger charge is 2.17. The summed E-state index contributed by atoms with van der Waals surface area (Å²) in [5, 5.41) is 14.8. The van der Waals surface area contributed by atoms with Gasteiger partial charge in [0.05, 0.1) is 17.8 Å². The van der Waals surface area contributed by atoms with Crippen molar-refractivity contribution in [1.82, 2.24) is 10.5 Å². The van der Waals surface area contributed by atoms with Crippen LogP contribution in [0.3, 0.4) is 0 Å². The molecular formula is C15H16N2O4S. The zero-order chi connectivity index (χ0) is 16.1. The molecule has 1 amide bonds. The summed E-state index contributed by atoms with van der Waals surface area (Å²) in [6.07, 6.45) is 0. The zero-order valence-corrected chi connectivity index (χ0v) is 13.0. The highest BCUT2D eigenvalue weighted by molar-refractivity contribution is 8.00. The first-order valence-corrected chi connectivity index (χ1v) is 7.54. The van der Waals surface area contributed by atoms with E-state index in [1.807, 2.05) is 0 Å². The van der Waals surface area contributed by atoms with E-state index in [1.54, 1.807) is 44.2 Å². The van der Waals surface area contributed by atoms with E-state index in [9.17, 15) is 9.59 Å². The Hall–Kier alpha value is -2.28. The lowest BCUT2D eigenvalue weighted by molar-refractivity contribution is -0.136. The van der Waals surface area contributed by atoms with Crippen LogP contribution in [-0.4, -0.2) is 27.4 Å². The maximum Gasteiger partial charge on any atom is 0.316 e. The van der Waals surface area contributed by atoms with Crippen LogP contribution in [0.4, 0.5) is 0 Å². The number of nitrogens with zero attached hydrogens (tertiary/aromatic N) is 1. The molecule has 1 aromatic carbocycles. The van der Waals surface area contributed by atoms with Crippen molar-refractivity contribution in [1.29, 1.82) is 0 Å². The van der Waals surface area contributed by atoms with Gasteiger partial charge in [-0.2, -0.15) is 0 Å². The number of hydrogen-bond acceptors (Lipinski definition) is 5. The topological polar surface area (TPSA) is 92.4 Å². The Kier molecular flexibility index (Phi) is 5.21. The number of aromatic nitrogens is 1. The molecule has 116 valence electrons. The summed E-state index contributed by atoms with van der Waals surface area (Å²) in [6, 6.07) is 8.65. The molecule has 0 spiro atoms. The standard InChI is InChI=1S/C15H16N2O4S/c1-9-7-11(21-17-9)8-16-14(18)12-5-3-4-6-13(12)22-10(2)15(19)20/h3-7,10H,8H2,1-2H3,(H,16,18)(H,19,20). The van der Waals surface area contributed by atoms with E-state index in [0.717, 1.165) is 17.5 Å². The van der Waals surface area contributed by atoms with Gasteiger partial charge < -0.3 is 14.9 Å². The van der Waals surface area contributed by atoms with Gasteiger partial charge in [0.25, 0.3) is 5.91 Å². The molecule has 0 bridgehead atoms. The van der Waals surface area contributed by atoms with Crippen molar-refractivity contribution in [3.8, 4) is 0 Å². The lowest BCUT2D eigenvalue weighted by Crippen LogP contribution is -2.23. The fourth-order valence-corrected chi connectivity index (χ4v) is 2.69. The Morgan fingerprint density at radius 1 is 1.41 bits per heavy atom. The van der Waals surface area contributed by atoms with E-state index in [2.05, 4.69) is 10.5 Å². The molecule has 0 aliphatic heterocycles. The van der Waals surface area contributed by atoms with Crippen molar-refractivity contribution in [2.24, 2.45) is 0 Å². The molecule has 0 aliphatic carbocycles. The van der Waals surface area contributed by atoms with Crippen molar-refractivity contribution in [2.45, 2.75) is 30.5 Å². The number of carbonyl (C=O) groups excluding carboxylic acids is 1. The average Bonchev–Trinajstić information content (AvgIpc) is 2.91. The fraction of sp³-hybridized carbons (Fsp3) is 0.267. The minimum absolute atomic E-state index is 0.229. The fourth-order valence-electron chi connectivity index (χ4n) is 1.76. The first kappa shape index (κ1) is 16.1. The second-order valence-electron chi connectivity index (χ2n) is 4.71. The molecule has 2 rings (SSSR count). The molecule has 0 saturated carbocycles. The van der Waals surface area contributed by atoms with Gasteiger partial charge in [0.2, 0.25) is 0 Å². The van der Waals surface area contributed by atoms with Crippen LogP contribution in [-0.2, 0) is 11.3 Å². The minimum Gasteiger partial charge on any atom is -0.480 e. The van der Waals surface area contributed by atoms with E-state index < -0.39 is 11.2 Å². The van der Waals surface area contributed by atoms with Crippen LogP contribution in [0.2, 0.25) is 0 Å². The normalized spacial score (nSPS) is 11.9. The van der Waals surface area contributed by atoms with E-state index in [4.69, 9.17) is 9.63 Å². The van der Waals surface area contributed by atoms with Crippen LogP contribution in [0, 0.1) is 6.92 Å². The predicted molar refractivity (Wildman–Crippen MR) is 81.8 cm³/mol. The molecule has 1 aromatic heterocycles. The smallest absolute Gasteiger partial charge is 0.316 e. The Balaban J connectivity index is 2.07. The third-order valence-corrected chi connectivity index (χ3v) is 4.05. The molecule has 0 fully saturated rings. The Labute approximate surface area is 131 Å². The molecule has 1 atom stereocenters. The van der Waals surface area contributed by atoms with Crippen LogP contribution >= 0.6 is 11.8 Å². The lowest BCUT2D eigenvalue weighted by Gasteiger charge is -2.11. The van der Waals surface area contributed by atoms with Gasteiger partial charge in [0.1, 0.15) is 5.25 Å². The summed E-state index contributed by atoms with van der Waals surface area (Å²) in [7, 11) is 0. The summed E-state index contributed by atoms with van der Waals surface area (Å²) in [4.78, 5) is 23.8. The van der Waals surface area contributed by atoms with Gasteiger partial charge in [0, 0.05) is 11.0 Å². The number of nitrogens with one attached hydrogen (secondary N) is 1. The number of aryl methyl sites for hydroxylation is 1. The highest BCUT2D eigenvalue weighted by atomic mass is 32.2. The third-order valence-electron chi connectivity index (χ3n) is 2.88. The van der Waals surface area contributed by atoms with E-state index in [1.165, 1.54) is 0 Å². The van der Waals surface area contributed by atoms with Gasteiger partial charge in [-0.15, -0.1) is 11.8 Å². The van der Waals surface area contributed by atoms with E-state index in [-0.39, 0.29) is 12.5 Å². The molecule has 6 nitrogen and oxygen atoms in total. The molecule has 22 heavy (non-hydrogen) atoms. The third kappa shape index (κ3) is 4.11. The Bertz CT molecular complexity index is 684. The van der Waals surface area contributed by atoms with Gasteiger partial charge in [-0.25, -0.2) is 0 Å². The van der Waals surface area contributed by atoms with Crippen LogP contribution < -0.4 is 5.32 Å². The van der Waals surface area contributed by atoms with Gasteiger partial charge in [0.15, 0.2) is 5.76 Å². The molecule has 2 N–H and O–H groups in total. The summed E-state index contributed by atoms with van der Waals surface area (Å²) >= 11 is 1.14. The maximum absolute atomic E-state index is 12.3. The van der Waals surface area contributed by atoms with Crippen LogP contribution in [0.25, 0.3) is 0 Å². The number of carboxylic acid groups (broad SMARTS) is 1. The SMILES string of the molecule is Cc1cc(CNC(=O)c2ccccc2SC(C)C(=O)O)on1. The van der Waals surface area contributed by atoms with Crippen LogP contribution in [0.5, 0.6) is 0 Å². The number of carboxylic acids is 1. The number of carbonyl (C=O) groups is 2. The number of aliphatic carboxylic acids is 1. The quantitative estimate of drug-likeness (QED) is 0.794. The van der Waals surface area contributed by atoms with Crippen LogP contribution in [0.15, 0.2) is 39.8 Å². The van der Waals surface area contributed by atoms with Gasteiger partial charge in [-0.3, -0.25) is 9.59 Å². The number of benzene rings is 1. The number of rotatable bonds is 6. The van der Waals surface area contributed by atoms with Crippen molar-refractivity contribution in [3.63, 3.8) is 0 Å². The van der Waals surface area contributed by atoms with Crippen molar-refractivity contribution in [3.05, 3.63) is 47.3 Å². The summed E-state index contributed by atoms with van der Waals surface area (Å²) in [5.41, 5.74) is 1.19. The zero-order valence-electron chi connectivity index (χ0n) is 12.2. The largest absolute Gasteiger partial charge is 0.480 e. The number of amides is 1. The maximum atomic E-state index is 12.3. The Morgan fingerprint density at radius 2 is 2.14 bits per heavy atom. The summed E-state index contributed by atoms with van der Waals surface area (Å²) in [6.45, 7) is 3.61. The van der Waals surface area contributed by atoms with Gasteiger partial charge in [-0.1, -0.05) is 17.3 Å². The highest BCUT2D eigenvalue weighted by Crippen LogP contribution is 2.27. The molecule has 2 aromatic rings. The first-order valence-electron chi connectivity index (χ1n) is 6.66. The molecular weight excluding hydrogens is 304 g/mol. The monoisotopic (exact) mass is 320 g/mol. The molecule has 1 heterocycles. The second-order valence-corrected chi connectivity index (χ2v) is 6.09. The van der Waals surface area contributed by atoms with Gasteiger partial charge >= 0.3 is 5.97 Å². The van der Waals surface area contributed by atoms with Crippen molar-refractivity contribution < 1.29 is 19.2 Å². The first-order chi connectivity index (χ1) is 10.5.